The Morgan fingerprint density at radius 2 is 2.04 bits per heavy atom. The quantitative estimate of drug-likeness (QED) is 0.339. The fraction of sp³-hybridized carbons (Fsp3) is 0.222. The van der Waals surface area contributed by atoms with Crippen LogP contribution in [-0.2, 0) is 6.54 Å². The Labute approximate surface area is 156 Å². The van der Waals surface area contributed by atoms with Gasteiger partial charge in [-0.25, -0.2) is 9.55 Å². The van der Waals surface area contributed by atoms with Crippen LogP contribution in [0.25, 0.3) is 11.0 Å². The van der Waals surface area contributed by atoms with Gasteiger partial charge in [0.05, 0.1) is 20.3 Å². The number of Topliss-reactive ketones (excluding diaryl/α,β-unsaturated/α-hetero) is 1. The molecule has 0 radical (unpaired) electrons. The number of methoxy groups -OCH3 is 1. The van der Waals surface area contributed by atoms with E-state index in [-0.39, 0.29) is 35.9 Å². The predicted molar refractivity (Wildman–Crippen MR) is 91.4 cm³/mol. The van der Waals surface area contributed by atoms with E-state index >= 15 is 0 Å². The second-order valence-corrected chi connectivity index (χ2v) is 5.38. The van der Waals surface area contributed by atoms with Gasteiger partial charge in [-0.1, -0.05) is 24.3 Å². The molecule has 25 heavy (non-hydrogen) atoms. The molecule has 0 fully saturated rings. The molecule has 2 aromatic carbocycles. The van der Waals surface area contributed by atoms with Crippen molar-refractivity contribution in [3.63, 3.8) is 0 Å². The maximum Gasteiger partial charge on any atom is 0.356 e. The minimum atomic E-state index is -0.0179. The SMILES string of the molecule is COc1cccc(C(=O)C[n+]2c(NCCO)[nH]c3ccccc32)c1.[Br-]. The molecular formula is C18H20BrN3O3. The van der Waals surface area contributed by atoms with Gasteiger partial charge in [0.15, 0.2) is 5.78 Å². The number of benzene rings is 2. The molecule has 0 unspecified atom stereocenters. The van der Waals surface area contributed by atoms with Gasteiger partial charge in [-0.3, -0.25) is 10.1 Å². The summed E-state index contributed by atoms with van der Waals surface area (Å²) in [7, 11) is 1.58. The van der Waals surface area contributed by atoms with Crippen LogP contribution in [0, 0.1) is 0 Å². The van der Waals surface area contributed by atoms with E-state index in [0.29, 0.717) is 23.8 Å². The number of imidazole rings is 1. The second kappa shape index (κ2) is 8.64. The van der Waals surface area contributed by atoms with E-state index in [1.54, 1.807) is 25.3 Å². The minimum Gasteiger partial charge on any atom is -1.00 e. The van der Waals surface area contributed by atoms with Crippen LogP contribution < -0.4 is 31.6 Å². The molecule has 0 spiro atoms. The third kappa shape index (κ3) is 4.18. The summed E-state index contributed by atoms with van der Waals surface area (Å²) in [6.45, 7) is 0.601. The summed E-state index contributed by atoms with van der Waals surface area (Å²) < 4.78 is 7.06. The van der Waals surface area contributed by atoms with Crippen LogP contribution in [0.3, 0.4) is 0 Å². The van der Waals surface area contributed by atoms with Crippen LogP contribution in [-0.4, -0.2) is 36.1 Å². The molecule has 6 nitrogen and oxygen atoms in total. The van der Waals surface area contributed by atoms with Crippen molar-refractivity contribution >= 4 is 22.8 Å². The molecule has 0 aliphatic heterocycles. The van der Waals surface area contributed by atoms with Crippen LogP contribution in [0.5, 0.6) is 5.75 Å². The topological polar surface area (TPSA) is 78.2 Å². The number of ketones is 1. The zero-order valence-corrected chi connectivity index (χ0v) is 15.4. The van der Waals surface area contributed by atoms with Crippen molar-refractivity contribution in [3.05, 3.63) is 54.1 Å². The van der Waals surface area contributed by atoms with Crippen LogP contribution in [0.1, 0.15) is 10.4 Å². The number of aromatic nitrogens is 2. The lowest BCUT2D eigenvalue weighted by atomic mass is 10.1. The highest BCUT2D eigenvalue weighted by Crippen LogP contribution is 2.15. The van der Waals surface area contributed by atoms with E-state index < -0.39 is 0 Å². The maximum atomic E-state index is 12.7. The van der Waals surface area contributed by atoms with Gasteiger partial charge in [0, 0.05) is 5.56 Å². The molecule has 0 saturated carbocycles. The first-order valence-electron chi connectivity index (χ1n) is 7.75. The van der Waals surface area contributed by atoms with Gasteiger partial charge < -0.3 is 26.8 Å². The molecule has 3 rings (SSSR count). The number of anilines is 1. The van der Waals surface area contributed by atoms with E-state index in [1.165, 1.54) is 0 Å². The van der Waals surface area contributed by atoms with Crippen molar-refractivity contribution in [2.45, 2.75) is 6.54 Å². The van der Waals surface area contributed by atoms with Crippen LogP contribution in [0.4, 0.5) is 5.95 Å². The first-order valence-corrected chi connectivity index (χ1v) is 7.75. The number of para-hydroxylation sites is 2. The van der Waals surface area contributed by atoms with Gasteiger partial charge in [-0.05, 0) is 24.3 Å². The van der Waals surface area contributed by atoms with Crippen LogP contribution in [0.15, 0.2) is 48.5 Å². The lowest BCUT2D eigenvalue weighted by molar-refractivity contribution is -0.642. The standard InChI is InChI=1S/C18H19N3O3.BrH/c1-24-14-6-4-5-13(11-14)17(23)12-21-16-8-3-2-7-15(16)20-18(21)19-9-10-22;/h2-8,11,22H,9-10,12H2,1H3,(H,19,20);1H. The Hall–Kier alpha value is -2.38. The lowest BCUT2D eigenvalue weighted by Crippen LogP contribution is -3.00. The van der Waals surface area contributed by atoms with Gasteiger partial charge in [0.25, 0.3) is 0 Å². The van der Waals surface area contributed by atoms with E-state index in [9.17, 15) is 4.79 Å². The van der Waals surface area contributed by atoms with Gasteiger partial charge in [0.2, 0.25) is 0 Å². The van der Waals surface area contributed by atoms with Gasteiger partial charge >= 0.3 is 5.95 Å². The number of ether oxygens (including phenoxy) is 1. The number of aliphatic hydroxyl groups excluding tert-OH is 1. The van der Waals surface area contributed by atoms with E-state index in [0.717, 1.165) is 11.0 Å². The molecular weight excluding hydrogens is 386 g/mol. The summed E-state index contributed by atoms with van der Waals surface area (Å²) in [5, 5.41) is 12.2. The predicted octanol–water partition coefficient (Wildman–Crippen LogP) is -1.24. The number of H-pyrrole nitrogens is 1. The number of aliphatic hydroxyl groups is 1. The van der Waals surface area contributed by atoms with E-state index in [1.807, 2.05) is 34.9 Å². The summed E-state index contributed by atoms with van der Waals surface area (Å²) in [5.74, 6) is 1.33. The van der Waals surface area contributed by atoms with Crippen molar-refractivity contribution in [1.29, 1.82) is 0 Å². The zero-order chi connectivity index (χ0) is 16.9. The fourth-order valence-corrected chi connectivity index (χ4v) is 2.64. The van der Waals surface area contributed by atoms with Crippen molar-refractivity contribution in [2.24, 2.45) is 0 Å². The lowest BCUT2D eigenvalue weighted by Gasteiger charge is -2.05. The molecule has 1 aromatic heterocycles. The maximum absolute atomic E-state index is 12.7. The first-order chi connectivity index (χ1) is 11.7. The second-order valence-electron chi connectivity index (χ2n) is 5.38. The summed E-state index contributed by atoms with van der Waals surface area (Å²) in [4.78, 5) is 15.9. The Bertz CT molecular complexity index is 864. The summed E-state index contributed by atoms with van der Waals surface area (Å²) in [6.07, 6.45) is 0. The molecule has 0 atom stereocenters. The number of fused-ring (bicyclic) bond motifs is 1. The summed E-state index contributed by atoms with van der Waals surface area (Å²) in [6, 6.07) is 14.9. The van der Waals surface area contributed by atoms with Crippen LogP contribution >= 0.6 is 0 Å². The zero-order valence-electron chi connectivity index (χ0n) is 13.8. The van der Waals surface area contributed by atoms with E-state index in [2.05, 4.69) is 10.3 Å². The molecule has 3 N–H and O–H groups in total. The molecule has 1 heterocycles. The number of carbonyl (C=O) groups excluding carboxylic acids is 1. The number of carbonyl (C=O) groups is 1. The smallest absolute Gasteiger partial charge is 0.356 e. The molecule has 0 saturated heterocycles. The summed E-state index contributed by atoms with van der Waals surface area (Å²) in [5.41, 5.74) is 2.45. The number of aromatic amines is 1. The molecule has 0 bridgehead atoms. The molecule has 132 valence electrons. The number of nitrogens with one attached hydrogen (secondary N) is 2. The average molecular weight is 406 g/mol. The van der Waals surface area contributed by atoms with Crippen molar-refractivity contribution < 1.29 is 36.2 Å². The summed E-state index contributed by atoms with van der Waals surface area (Å²) >= 11 is 0. The van der Waals surface area contributed by atoms with Gasteiger partial charge in [-0.15, -0.1) is 0 Å². The number of rotatable bonds is 7. The van der Waals surface area contributed by atoms with Gasteiger partial charge in [-0.2, -0.15) is 0 Å². The Kier molecular flexibility index (Phi) is 6.55. The van der Waals surface area contributed by atoms with E-state index in [4.69, 9.17) is 9.84 Å². The average Bonchev–Trinajstić information content (AvgIpc) is 2.97. The molecule has 7 heteroatoms. The third-order valence-electron chi connectivity index (χ3n) is 3.82. The number of hydrogen-bond acceptors (Lipinski definition) is 4. The number of nitrogens with zero attached hydrogens (tertiary/aromatic N) is 1. The first kappa shape index (κ1) is 19.0. The normalized spacial score (nSPS) is 10.3. The largest absolute Gasteiger partial charge is 1.00 e. The minimum absolute atomic E-state index is 0. The highest BCUT2D eigenvalue weighted by Gasteiger charge is 2.20. The molecule has 0 amide bonds. The van der Waals surface area contributed by atoms with Crippen molar-refractivity contribution in [1.82, 2.24) is 4.98 Å². The molecule has 0 aliphatic rings. The van der Waals surface area contributed by atoms with Crippen molar-refractivity contribution in [3.8, 4) is 5.75 Å². The van der Waals surface area contributed by atoms with Crippen molar-refractivity contribution in [2.75, 3.05) is 25.6 Å². The highest BCUT2D eigenvalue weighted by atomic mass is 79.9. The Balaban J connectivity index is 0.00000225. The third-order valence-corrected chi connectivity index (χ3v) is 3.82. The highest BCUT2D eigenvalue weighted by molar-refractivity contribution is 5.95. The monoisotopic (exact) mass is 405 g/mol. The number of halogens is 1. The fourth-order valence-electron chi connectivity index (χ4n) is 2.64. The molecule has 0 aliphatic carbocycles. The van der Waals surface area contributed by atoms with Gasteiger partial charge in [0.1, 0.15) is 23.3 Å². The van der Waals surface area contributed by atoms with Crippen LogP contribution in [0.2, 0.25) is 0 Å². The Morgan fingerprint density at radius 1 is 1.24 bits per heavy atom. The Morgan fingerprint density at radius 3 is 2.80 bits per heavy atom. The number of hydrogen-bond donors (Lipinski definition) is 3. The molecule has 3 aromatic rings.